The van der Waals surface area contributed by atoms with E-state index in [0.717, 1.165) is 11.4 Å². The topological polar surface area (TPSA) is 106 Å². The van der Waals surface area contributed by atoms with Gasteiger partial charge in [0.1, 0.15) is 5.75 Å². The molecule has 10 heteroatoms. The Morgan fingerprint density at radius 1 is 1.18 bits per heavy atom. The number of fused-ring (bicyclic) bond motifs is 2. The summed E-state index contributed by atoms with van der Waals surface area (Å²) in [6.45, 7) is 7.90. The Balaban J connectivity index is 1.59. The Morgan fingerprint density at radius 2 is 1.87 bits per heavy atom. The summed E-state index contributed by atoms with van der Waals surface area (Å²) in [7, 11) is 1.11. The normalized spacial score (nSPS) is 28.1. The van der Waals surface area contributed by atoms with Gasteiger partial charge < -0.3 is 24.2 Å². The van der Waals surface area contributed by atoms with Crippen LogP contribution >= 0.6 is 0 Å². The van der Waals surface area contributed by atoms with Gasteiger partial charge in [0.15, 0.2) is 11.8 Å². The van der Waals surface area contributed by atoms with Gasteiger partial charge in [-0.3, -0.25) is 19.3 Å². The highest BCUT2D eigenvalue weighted by molar-refractivity contribution is 6.91. The van der Waals surface area contributed by atoms with Crippen LogP contribution in [-0.2, 0) is 29.5 Å². The van der Waals surface area contributed by atoms with Gasteiger partial charge in [-0.25, -0.2) is 0 Å². The number of anilines is 2. The predicted molar refractivity (Wildman–Crippen MR) is 149 cm³/mol. The zero-order valence-electron chi connectivity index (χ0n) is 23.3. The maximum atomic E-state index is 14.1. The van der Waals surface area contributed by atoms with Gasteiger partial charge in [-0.05, 0) is 42.3 Å². The molecule has 2 fully saturated rings. The van der Waals surface area contributed by atoms with E-state index in [9.17, 15) is 19.5 Å². The van der Waals surface area contributed by atoms with Gasteiger partial charge in [0.25, 0.3) is 5.91 Å². The Hall–Kier alpha value is -3.21. The zero-order valence-corrected chi connectivity index (χ0v) is 24.3. The molecule has 0 saturated carbocycles. The maximum Gasteiger partial charge on any atom is 0.304 e. The van der Waals surface area contributed by atoms with Crippen LogP contribution in [0.2, 0.25) is 18.6 Å². The number of hydrogen-bond acceptors (Lipinski definition) is 7. The van der Waals surface area contributed by atoms with Gasteiger partial charge in [-0.1, -0.05) is 37.3 Å². The maximum absolute atomic E-state index is 14.1. The number of β-lactam (4-membered cyclic amide) rings is 1. The number of esters is 1. The van der Waals surface area contributed by atoms with E-state index in [1.54, 1.807) is 25.1 Å². The van der Waals surface area contributed by atoms with Crippen molar-refractivity contribution in [2.75, 3.05) is 30.6 Å². The average Bonchev–Trinajstić information content (AvgIpc) is 3.30. The second-order valence-electron chi connectivity index (χ2n) is 11.3. The molecule has 3 aliphatic rings. The lowest BCUT2D eigenvalue weighted by atomic mass is 9.82. The molecular weight excluding hydrogens is 516 g/mol. The monoisotopic (exact) mass is 552 g/mol. The SMILES string of the molecule is COc1ccc([Si](C)(C)[C@@H]2[C@@H](CCO)O[C@]3(C(=O)N(C)c4ccc(N5C(=O)CC5OC(C)=O)cc43)[C@H]2C)cc1. The number of methoxy groups -OCH3 is 1. The van der Waals surface area contributed by atoms with E-state index in [4.69, 9.17) is 14.2 Å². The summed E-state index contributed by atoms with van der Waals surface area (Å²) in [6, 6.07) is 13.5. The first-order valence-corrected chi connectivity index (χ1v) is 16.4. The second-order valence-corrected chi connectivity index (χ2v) is 16.0. The smallest absolute Gasteiger partial charge is 0.304 e. The molecule has 5 rings (SSSR count). The number of nitrogens with zero attached hydrogens (tertiary/aromatic N) is 2. The number of rotatable bonds is 7. The zero-order chi connectivity index (χ0) is 28.3. The summed E-state index contributed by atoms with van der Waals surface area (Å²) in [5, 5.41) is 11.2. The van der Waals surface area contributed by atoms with E-state index in [1.807, 2.05) is 24.3 Å². The minimum atomic E-state index is -2.27. The lowest BCUT2D eigenvalue weighted by molar-refractivity contribution is -0.153. The van der Waals surface area contributed by atoms with E-state index in [0.29, 0.717) is 17.7 Å². The number of aliphatic hydroxyl groups is 1. The number of carbonyl (C=O) groups excluding carboxylic acids is 3. The second kappa shape index (κ2) is 9.76. The van der Waals surface area contributed by atoms with Gasteiger partial charge in [0.05, 0.1) is 33.4 Å². The van der Waals surface area contributed by atoms with Crippen molar-refractivity contribution in [2.45, 2.75) is 63.3 Å². The third-order valence-electron chi connectivity index (χ3n) is 8.85. The van der Waals surface area contributed by atoms with E-state index >= 15 is 0 Å². The third-order valence-corrected chi connectivity index (χ3v) is 13.2. The lowest BCUT2D eigenvalue weighted by Crippen LogP contribution is -2.55. The molecule has 1 unspecified atom stereocenters. The summed E-state index contributed by atoms with van der Waals surface area (Å²) in [5.74, 6) is -0.195. The van der Waals surface area contributed by atoms with Crippen LogP contribution in [0.25, 0.3) is 0 Å². The van der Waals surface area contributed by atoms with Gasteiger partial charge in [0, 0.05) is 37.7 Å². The molecule has 2 saturated heterocycles. The molecule has 1 spiro atoms. The van der Waals surface area contributed by atoms with Crippen molar-refractivity contribution in [3.63, 3.8) is 0 Å². The molecule has 2 amide bonds. The fraction of sp³-hybridized carbons (Fsp3) is 0.483. The van der Waals surface area contributed by atoms with Crippen molar-refractivity contribution in [3.8, 4) is 5.75 Å². The van der Waals surface area contributed by atoms with Crippen molar-refractivity contribution in [2.24, 2.45) is 5.92 Å². The van der Waals surface area contributed by atoms with E-state index in [-0.39, 0.29) is 42.4 Å². The van der Waals surface area contributed by atoms with Crippen LogP contribution < -0.4 is 19.7 Å². The number of likely N-dealkylation sites (N-methyl/N-ethyl adjacent to an activating group) is 1. The number of hydrogen-bond donors (Lipinski definition) is 1. The summed E-state index contributed by atoms with van der Waals surface area (Å²) in [4.78, 5) is 41.3. The van der Waals surface area contributed by atoms with Crippen molar-refractivity contribution in [1.29, 1.82) is 0 Å². The highest BCUT2D eigenvalue weighted by Gasteiger charge is 2.65. The first kappa shape index (κ1) is 27.4. The highest BCUT2D eigenvalue weighted by Crippen LogP contribution is 2.60. The number of benzene rings is 2. The Labute approximate surface area is 229 Å². The molecule has 0 bridgehead atoms. The van der Waals surface area contributed by atoms with Crippen LogP contribution in [-0.4, -0.2) is 64.1 Å². The van der Waals surface area contributed by atoms with Gasteiger partial charge >= 0.3 is 5.97 Å². The first-order chi connectivity index (χ1) is 18.5. The molecule has 0 aliphatic carbocycles. The molecule has 1 N–H and O–H groups in total. The average molecular weight is 553 g/mol. The largest absolute Gasteiger partial charge is 0.497 e. The molecule has 208 valence electrons. The van der Waals surface area contributed by atoms with Crippen LogP contribution in [0.3, 0.4) is 0 Å². The molecular formula is C29H36N2O7Si. The lowest BCUT2D eigenvalue weighted by Gasteiger charge is -2.39. The van der Waals surface area contributed by atoms with E-state index in [2.05, 4.69) is 32.2 Å². The predicted octanol–water partition coefficient (Wildman–Crippen LogP) is 2.90. The standard InChI is InChI=1S/C29H36N2O7Si/c1-17-27(39(5,6)21-10-8-20(36-4)9-11-21)24(13-14-32)38-29(17)22-15-19(7-12-23(22)30(3)28(29)35)31-25(34)16-26(31)37-18(2)33/h7-12,15,17,24,26-27,32H,13-14,16H2,1-6H3/t17-,24+,26?,27-,29+/m0/s1. The summed E-state index contributed by atoms with van der Waals surface area (Å²) in [6.07, 6.45) is -0.470. The number of amides is 2. The van der Waals surface area contributed by atoms with Crippen molar-refractivity contribution in [1.82, 2.24) is 0 Å². The van der Waals surface area contributed by atoms with Crippen molar-refractivity contribution < 1.29 is 33.7 Å². The minimum absolute atomic E-state index is 0.0180. The fourth-order valence-corrected chi connectivity index (χ4v) is 11.0. The first-order valence-electron chi connectivity index (χ1n) is 13.3. The summed E-state index contributed by atoms with van der Waals surface area (Å²) in [5.41, 5.74) is 0.741. The molecule has 5 atom stereocenters. The highest BCUT2D eigenvalue weighted by atomic mass is 28.3. The van der Waals surface area contributed by atoms with Gasteiger partial charge in [-0.2, -0.15) is 0 Å². The van der Waals surface area contributed by atoms with E-state index in [1.165, 1.54) is 17.0 Å². The molecule has 39 heavy (non-hydrogen) atoms. The van der Waals surface area contributed by atoms with Crippen LogP contribution in [0.15, 0.2) is 42.5 Å². The van der Waals surface area contributed by atoms with Gasteiger partial charge in [0.2, 0.25) is 5.91 Å². The van der Waals surface area contributed by atoms with Crippen molar-refractivity contribution in [3.05, 3.63) is 48.0 Å². The fourth-order valence-electron chi connectivity index (χ4n) is 6.94. The Kier molecular flexibility index (Phi) is 6.85. The van der Waals surface area contributed by atoms with Gasteiger partial charge in [-0.15, -0.1) is 0 Å². The van der Waals surface area contributed by atoms with Crippen LogP contribution in [0.1, 0.15) is 32.3 Å². The molecule has 3 heterocycles. The third kappa shape index (κ3) is 4.08. The molecule has 3 aliphatic heterocycles. The number of ether oxygens (including phenoxy) is 3. The van der Waals surface area contributed by atoms with Crippen LogP contribution in [0.5, 0.6) is 5.75 Å². The van der Waals surface area contributed by atoms with Crippen LogP contribution in [0, 0.1) is 5.92 Å². The number of aliphatic hydroxyl groups excluding tert-OH is 1. The Morgan fingerprint density at radius 3 is 2.46 bits per heavy atom. The molecule has 2 aromatic rings. The minimum Gasteiger partial charge on any atom is -0.497 e. The number of carbonyl (C=O) groups is 3. The molecule has 0 radical (unpaired) electrons. The summed E-state index contributed by atoms with van der Waals surface area (Å²) < 4.78 is 17.5. The van der Waals surface area contributed by atoms with E-state index < -0.39 is 25.9 Å². The Bertz CT molecular complexity index is 1310. The van der Waals surface area contributed by atoms with Crippen molar-refractivity contribution >= 4 is 42.4 Å². The quantitative estimate of drug-likeness (QED) is 0.320. The molecule has 9 nitrogen and oxygen atoms in total. The summed E-state index contributed by atoms with van der Waals surface area (Å²) >= 11 is 0. The van der Waals surface area contributed by atoms with Crippen LogP contribution in [0.4, 0.5) is 11.4 Å². The molecule has 0 aromatic heterocycles. The molecule has 2 aromatic carbocycles.